The molecule has 0 aliphatic carbocycles. The van der Waals surface area contributed by atoms with Crippen molar-refractivity contribution in [3.63, 3.8) is 0 Å². The van der Waals surface area contributed by atoms with Crippen LogP contribution >= 0.6 is 11.3 Å². The highest BCUT2D eigenvalue weighted by Crippen LogP contribution is 2.15. The SMILES string of the molecule is CCOC(=O)c1nc(CN(CCOC)Cc2ccco2)cs1. The Bertz CT molecular complexity index is 568. The van der Waals surface area contributed by atoms with E-state index in [1.165, 1.54) is 11.3 Å². The van der Waals surface area contributed by atoms with Crippen LogP contribution in [-0.4, -0.2) is 42.7 Å². The molecule has 2 heterocycles. The number of nitrogens with zero attached hydrogens (tertiary/aromatic N) is 2. The molecular weight excluding hydrogens is 304 g/mol. The van der Waals surface area contributed by atoms with E-state index in [2.05, 4.69) is 9.88 Å². The second-order valence-corrected chi connectivity index (χ2v) is 5.51. The molecule has 7 heteroatoms. The minimum absolute atomic E-state index is 0.353. The predicted molar refractivity (Wildman–Crippen MR) is 82.8 cm³/mol. The van der Waals surface area contributed by atoms with Crippen molar-refractivity contribution in [2.45, 2.75) is 20.0 Å². The summed E-state index contributed by atoms with van der Waals surface area (Å²) in [6.07, 6.45) is 1.66. The summed E-state index contributed by atoms with van der Waals surface area (Å²) in [5.41, 5.74) is 0.843. The first kappa shape index (κ1) is 16.7. The van der Waals surface area contributed by atoms with Crippen LogP contribution in [0.5, 0.6) is 0 Å². The van der Waals surface area contributed by atoms with Gasteiger partial charge in [-0.1, -0.05) is 0 Å². The van der Waals surface area contributed by atoms with Crippen molar-refractivity contribution in [1.82, 2.24) is 9.88 Å². The normalized spacial score (nSPS) is 11.0. The number of furan rings is 1. The summed E-state index contributed by atoms with van der Waals surface area (Å²) in [4.78, 5) is 18.1. The fourth-order valence-corrected chi connectivity index (χ4v) is 2.65. The Balaban J connectivity index is 1.98. The van der Waals surface area contributed by atoms with Crippen LogP contribution in [0.15, 0.2) is 28.2 Å². The second-order valence-electron chi connectivity index (χ2n) is 4.65. The summed E-state index contributed by atoms with van der Waals surface area (Å²) in [6, 6.07) is 3.80. The van der Waals surface area contributed by atoms with Crippen LogP contribution in [0.4, 0.5) is 0 Å². The van der Waals surface area contributed by atoms with Gasteiger partial charge in [-0.05, 0) is 19.1 Å². The number of methoxy groups -OCH3 is 1. The molecule has 6 nitrogen and oxygen atoms in total. The summed E-state index contributed by atoms with van der Waals surface area (Å²) in [6.45, 7) is 4.80. The lowest BCUT2D eigenvalue weighted by Crippen LogP contribution is -2.26. The zero-order valence-corrected chi connectivity index (χ0v) is 13.6. The molecule has 0 amide bonds. The number of hydrogen-bond donors (Lipinski definition) is 0. The lowest BCUT2D eigenvalue weighted by atomic mass is 10.3. The number of carbonyl (C=O) groups is 1. The third-order valence-electron chi connectivity index (χ3n) is 2.96. The van der Waals surface area contributed by atoms with E-state index in [4.69, 9.17) is 13.9 Å². The highest BCUT2D eigenvalue weighted by molar-refractivity contribution is 7.11. The number of rotatable bonds is 9. The monoisotopic (exact) mass is 324 g/mol. The number of ether oxygens (including phenoxy) is 2. The Hall–Kier alpha value is -1.70. The molecule has 0 unspecified atom stereocenters. The van der Waals surface area contributed by atoms with Gasteiger partial charge < -0.3 is 13.9 Å². The van der Waals surface area contributed by atoms with Gasteiger partial charge in [-0.3, -0.25) is 4.90 Å². The molecule has 22 heavy (non-hydrogen) atoms. The molecule has 120 valence electrons. The van der Waals surface area contributed by atoms with Gasteiger partial charge in [-0.2, -0.15) is 0 Å². The van der Waals surface area contributed by atoms with E-state index in [9.17, 15) is 4.79 Å². The van der Waals surface area contributed by atoms with E-state index in [1.807, 2.05) is 17.5 Å². The molecule has 0 saturated heterocycles. The van der Waals surface area contributed by atoms with Crippen LogP contribution in [0.1, 0.15) is 28.2 Å². The Morgan fingerprint density at radius 1 is 1.45 bits per heavy atom. The molecule has 0 fully saturated rings. The highest BCUT2D eigenvalue weighted by Gasteiger charge is 2.15. The van der Waals surface area contributed by atoms with E-state index < -0.39 is 0 Å². The van der Waals surface area contributed by atoms with Crippen molar-refractivity contribution < 1.29 is 18.7 Å². The molecular formula is C15H20N2O4S. The van der Waals surface area contributed by atoms with E-state index in [0.717, 1.165) is 18.0 Å². The van der Waals surface area contributed by atoms with Gasteiger partial charge in [-0.25, -0.2) is 9.78 Å². The van der Waals surface area contributed by atoms with Gasteiger partial charge in [0.1, 0.15) is 5.76 Å². The van der Waals surface area contributed by atoms with E-state index in [1.54, 1.807) is 20.3 Å². The standard InChI is InChI=1S/C15H20N2O4S/c1-3-20-15(18)14-16-12(11-22-14)9-17(6-8-19-2)10-13-5-4-7-21-13/h4-5,7,11H,3,6,8-10H2,1-2H3. The number of esters is 1. The molecule has 2 aromatic heterocycles. The van der Waals surface area contributed by atoms with Crippen molar-refractivity contribution in [1.29, 1.82) is 0 Å². The van der Waals surface area contributed by atoms with Crippen LogP contribution in [0, 0.1) is 0 Å². The van der Waals surface area contributed by atoms with E-state index in [-0.39, 0.29) is 5.97 Å². The smallest absolute Gasteiger partial charge is 0.367 e. The molecule has 0 saturated carbocycles. The molecule has 0 radical (unpaired) electrons. The molecule has 0 bridgehead atoms. The van der Waals surface area contributed by atoms with Crippen molar-refractivity contribution in [2.75, 3.05) is 26.9 Å². The van der Waals surface area contributed by atoms with Crippen LogP contribution in [-0.2, 0) is 22.6 Å². The van der Waals surface area contributed by atoms with E-state index >= 15 is 0 Å². The topological polar surface area (TPSA) is 64.8 Å². The lowest BCUT2D eigenvalue weighted by Gasteiger charge is -2.19. The van der Waals surface area contributed by atoms with Crippen LogP contribution in [0.25, 0.3) is 0 Å². The van der Waals surface area contributed by atoms with Crippen molar-refractivity contribution in [3.8, 4) is 0 Å². The van der Waals surface area contributed by atoms with Gasteiger partial charge in [0, 0.05) is 25.6 Å². The summed E-state index contributed by atoms with van der Waals surface area (Å²) in [5, 5.41) is 2.27. The molecule has 0 aromatic carbocycles. The largest absolute Gasteiger partial charge is 0.468 e. The first-order chi connectivity index (χ1) is 10.7. The Kier molecular flexibility index (Phi) is 6.57. The highest BCUT2D eigenvalue weighted by atomic mass is 32.1. The molecule has 2 aromatic rings. The molecule has 0 aliphatic rings. The summed E-state index contributed by atoms with van der Waals surface area (Å²) < 4.78 is 15.5. The second kappa shape index (κ2) is 8.67. The summed E-state index contributed by atoms with van der Waals surface area (Å²) in [7, 11) is 1.67. The van der Waals surface area contributed by atoms with Gasteiger partial charge in [0.15, 0.2) is 0 Å². The molecule has 0 atom stereocenters. The maximum Gasteiger partial charge on any atom is 0.367 e. The van der Waals surface area contributed by atoms with Crippen molar-refractivity contribution >= 4 is 17.3 Å². The fourth-order valence-electron chi connectivity index (χ4n) is 1.95. The van der Waals surface area contributed by atoms with E-state index in [0.29, 0.717) is 31.3 Å². The first-order valence-corrected chi connectivity index (χ1v) is 7.96. The Labute approximate surface area is 133 Å². The first-order valence-electron chi connectivity index (χ1n) is 7.08. The van der Waals surface area contributed by atoms with Gasteiger partial charge in [0.25, 0.3) is 0 Å². The average molecular weight is 324 g/mol. The third-order valence-corrected chi connectivity index (χ3v) is 3.83. The lowest BCUT2D eigenvalue weighted by molar-refractivity contribution is 0.0525. The molecule has 0 spiro atoms. The van der Waals surface area contributed by atoms with Gasteiger partial charge >= 0.3 is 5.97 Å². The van der Waals surface area contributed by atoms with Crippen LogP contribution < -0.4 is 0 Å². The molecule has 0 N–H and O–H groups in total. The Morgan fingerprint density at radius 3 is 3.00 bits per heavy atom. The number of aromatic nitrogens is 1. The maximum absolute atomic E-state index is 11.6. The number of thiazole rings is 1. The predicted octanol–water partition coefficient (Wildman–Crippen LogP) is 2.56. The maximum atomic E-state index is 11.6. The summed E-state index contributed by atoms with van der Waals surface area (Å²) >= 11 is 1.30. The number of hydrogen-bond acceptors (Lipinski definition) is 7. The van der Waals surface area contributed by atoms with Gasteiger partial charge in [0.2, 0.25) is 5.01 Å². The van der Waals surface area contributed by atoms with Gasteiger partial charge in [0.05, 0.1) is 31.7 Å². The fraction of sp³-hybridized carbons (Fsp3) is 0.467. The number of carbonyl (C=O) groups excluding carboxylic acids is 1. The molecule has 0 aliphatic heterocycles. The molecule has 2 rings (SSSR count). The zero-order valence-electron chi connectivity index (χ0n) is 12.8. The zero-order chi connectivity index (χ0) is 15.8. The summed E-state index contributed by atoms with van der Waals surface area (Å²) in [5.74, 6) is 0.519. The average Bonchev–Trinajstić information content (AvgIpc) is 3.16. The minimum Gasteiger partial charge on any atom is -0.468 e. The van der Waals surface area contributed by atoms with Crippen molar-refractivity contribution in [3.05, 3.63) is 40.2 Å². The quantitative estimate of drug-likeness (QED) is 0.661. The van der Waals surface area contributed by atoms with Gasteiger partial charge in [-0.15, -0.1) is 11.3 Å². The van der Waals surface area contributed by atoms with Crippen LogP contribution in [0.3, 0.4) is 0 Å². The van der Waals surface area contributed by atoms with Crippen LogP contribution in [0.2, 0.25) is 0 Å². The Morgan fingerprint density at radius 2 is 2.32 bits per heavy atom. The third kappa shape index (κ3) is 4.94. The van der Waals surface area contributed by atoms with Crippen molar-refractivity contribution in [2.24, 2.45) is 0 Å². The minimum atomic E-state index is -0.367.